The van der Waals surface area contributed by atoms with Gasteiger partial charge >= 0.3 is 0 Å². The topological polar surface area (TPSA) is 9.23 Å². The molecule has 1 unspecified atom stereocenters. The third-order valence-electron chi connectivity index (χ3n) is 0.289. The predicted molar refractivity (Wildman–Crippen MR) is 25.9 cm³/mol. The second kappa shape index (κ2) is 4.39. The van der Waals surface area contributed by atoms with Crippen LogP contribution < -0.4 is 0 Å². The molecule has 0 rings (SSSR count). The van der Waals surface area contributed by atoms with E-state index in [-0.39, 0.29) is 0 Å². The van der Waals surface area contributed by atoms with E-state index in [1.54, 1.807) is 0 Å². The standard InChI is InChI=1S/C3H9OP/c1-3-4-5-2/h5H,3H2,1-2H3. The lowest BCUT2D eigenvalue weighted by atomic mass is 10.9. The van der Waals surface area contributed by atoms with Crippen molar-refractivity contribution in [2.24, 2.45) is 0 Å². The summed E-state index contributed by atoms with van der Waals surface area (Å²) in [5.41, 5.74) is 0. The number of hydrogen-bond donors (Lipinski definition) is 0. The monoisotopic (exact) mass is 92.0 g/mol. The smallest absolute Gasteiger partial charge is 0.0477 e. The number of hydrogen-bond acceptors (Lipinski definition) is 1. The molecular formula is C3H9OP. The van der Waals surface area contributed by atoms with E-state index in [2.05, 4.69) is 0 Å². The van der Waals surface area contributed by atoms with E-state index < -0.39 is 0 Å². The molecule has 0 aromatic heterocycles. The Bertz CT molecular complexity index is 14.4. The minimum atomic E-state index is 0.658. The normalized spacial score (nSPS) is 10.8. The van der Waals surface area contributed by atoms with E-state index in [0.29, 0.717) is 8.81 Å². The van der Waals surface area contributed by atoms with E-state index in [4.69, 9.17) is 4.52 Å². The van der Waals surface area contributed by atoms with Gasteiger partial charge in [-0.05, 0) is 13.6 Å². The minimum Gasteiger partial charge on any atom is -0.363 e. The molecule has 0 spiro atoms. The van der Waals surface area contributed by atoms with Crippen molar-refractivity contribution in [3.8, 4) is 0 Å². The Morgan fingerprint density at radius 3 is 2.40 bits per heavy atom. The molecule has 0 bridgehead atoms. The average molecular weight is 92.1 g/mol. The van der Waals surface area contributed by atoms with Crippen molar-refractivity contribution < 1.29 is 4.52 Å². The zero-order valence-electron chi connectivity index (χ0n) is 3.62. The summed E-state index contributed by atoms with van der Waals surface area (Å²) in [5, 5.41) is 0. The third kappa shape index (κ3) is 4.39. The molecule has 0 N–H and O–H groups in total. The van der Waals surface area contributed by atoms with E-state index in [9.17, 15) is 0 Å². The Balaban J connectivity index is 2.19. The van der Waals surface area contributed by atoms with Gasteiger partial charge in [0.1, 0.15) is 0 Å². The van der Waals surface area contributed by atoms with Crippen molar-refractivity contribution in [2.45, 2.75) is 6.92 Å². The van der Waals surface area contributed by atoms with Crippen molar-refractivity contribution in [2.75, 3.05) is 13.3 Å². The molecule has 0 aliphatic carbocycles. The maximum Gasteiger partial charge on any atom is 0.0477 e. The van der Waals surface area contributed by atoms with Crippen LogP contribution in [0.2, 0.25) is 0 Å². The lowest BCUT2D eigenvalue weighted by Crippen LogP contribution is -1.68. The Morgan fingerprint density at radius 2 is 2.40 bits per heavy atom. The SMILES string of the molecule is CCOPC. The molecule has 32 valence electrons. The summed E-state index contributed by atoms with van der Waals surface area (Å²) in [4.78, 5) is 0. The second-order valence-corrected chi connectivity index (χ2v) is 1.33. The Labute approximate surface area is 34.6 Å². The summed E-state index contributed by atoms with van der Waals surface area (Å²) in [6.07, 6.45) is 0. The van der Waals surface area contributed by atoms with Crippen LogP contribution in [0.25, 0.3) is 0 Å². The molecule has 0 saturated heterocycles. The maximum absolute atomic E-state index is 4.86. The first-order chi connectivity index (χ1) is 2.41. The lowest BCUT2D eigenvalue weighted by molar-refractivity contribution is 0.392. The molecule has 1 nitrogen and oxygen atoms in total. The minimum absolute atomic E-state index is 0.658. The summed E-state index contributed by atoms with van der Waals surface area (Å²) in [6.45, 7) is 4.87. The van der Waals surface area contributed by atoms with Gasteiger partial charge in [0.05, 0.1) is 0 Å². The molecule has 5 heavy (non-hydrogen) atoms. The molecule has 0 amide bonds. The highest BCUT2D eigenvalue weighted by molar-refractivity contribution is 7.31. The fourth-order valence-electron chi connectivity index (χ4n) is 0.144. The van der Waals surface area contributed by atoms with Gasteiger partial charge in [0, 0.05) is 15.4 Å². The van der Waals surface area contributed by atoms with E-state index in [0.717, 1.165) is 6.61 Å². The van der Waals surface area contributed by atoms with Crippen LogP contribution in [0, 0.1) is 0 Å². The highest BCUT2D eigenvalue weighted by atomic mass is 31.1. The van der Waals surface area contributed by atoms with Crippen molar-refractivity contribution >= 4 is 8.81 Å². The predicted octanol–water partition coefficient (Wildman–Crippen LogP) is 1.25. The van der Waals surface area contributed by atoms with Crippen LogP contribution in [-0.2, 0) is 4.52 Å². The van der Waals surface area contributed by atoms with Gasteiger partial charge in [-0.3, -0.25) is 0 Å². The molecule has 0 fully saturated rings. The zero-order valence-corrected chi connectivity index (χ0v) is 4.62. The van der Waals surface area contributed by atoms with E-state index >= 15 is 0 Å². The van der Waals surface area contributed by atoms with Gasteiger partial charge in [0.2, 0.25) is 0 Å². The molecular weight excluding hydrogens is 83.0 g/mol. The summed E-state index contributed by atoms with van der Waals surface area (Å²) < 4.78 is 4.86. The van der Waals surface area contributed by atoms with Gasteiger partial charge < -0.3 is 4.52 Å². The molecule has 1 atom stereocenters. The van der Waals surface area contributed by atoms with Crippen LogP contribution in [0.4, 0.5) is 0 Å². The summed E-state index contributed by atoms with van der Waals surface area (Å²) in [7, 11) is 0.658. The quantitative estimate of drug-likeness (QED) is 0.466. The van der Waals surface area contributed by atoms with Crippen LogP contribution >= 0.6 is 8.81 Å². The summed E-state index contributed by atoms with van der Waals surface area (Å²) in [5.74, 6) is 0. The highest BCUT2D eigenvalue weighted by Gasteiger charge is 1.63. The van der Waals surface area contributed by atoms with Gasteiger partial charge in [-0.1, -0.05) is 0 Å². The van der Waals surface area contributed by atoms with Gasteiger partial charge in [0.15, 0.2) is 0 Å². The van der Waals surface area contributed by atoms with Gasteiger partial charge in [-0.25, -0.2) is 0 Å². The molecule has 0 heterocycles. The number of rotatable bonds is 2. The Morgan fingerprint density at radius 1 is 1.80 bits per heavy atom. The molecule has 0 aliphatic heterocycles. The first kappa shape index (κ1) is 5.39. The average Bonchev–Trinajstić information content (AvgIpc) is 1.41. The van der Waals surface area contributed by atoms with Crippen LogP contribution in [0.15, 0.2) is 0 Å². The van der Waals surface area contributed by atoms with Crippen molar-refractivity contribution in [1.29, 1.82) is 0 Å². The molecule has 2 heteroatoms. The molecule has 0 radical (unpaired) electrons. The van der Waals surface area contributed by atoms with E-state index in [1.165, 1.54) is 0 Å². The first-order valence-electron chi connectivity index (χ1n) is 1.70. The maximum atomic E-state index is 4.86. The summed E-state index contributed by atoms with van der Waals surface area (Å²) in [6, 6.07) is 0. The Kier molecular flexibility index (Phi) is 4.73. The lowest BCUT2D eigenvalue weighted by Gasteiger charge is -1.86. The summed E-state index contributed by atoms with van der Waals surface area (Å²) >= 11 is 0. The second-order valence-electron chi connectivity index (χ2n) is 0.637. The van der Waals surface area contributed by atoms with Crippen LogP contribution in [-0.4, -0.2) is 13.3 Å². The molecule has 0 aromatic carbocycles. The van der Waals surface area contributed by atoms with Crippen molar-refractivity contribution in [3.63, 3.8) is 0 Å². The largest absolute Gasteiger partial charge is 0.363 e. The van der Waals surface area contributed by atoms with Gasteiger partial charge in [0.25, 0.3) is 0 Å². The molecule has 0 saturated carbocycles. The Hall–Kier alpha value is 0.390. The van der Waals surface area contributed by atoms with E-state index in [1.807, 2.05) is 13.6 Å². The van der Waals surface area contributed by atoms with Gasteiger partial charge in [-0.2, -0.15) is 0 Å². The highest BCUT2D eigenvalue weighted by Crippen LogP contribution is 2.00. The molecule has 0 aliphatic rings. The first-order valence-corrected chi connectivity index (χ1v) is 3.11. The molecule has 0 aromatic rings. The third-order valence-corrected chi connectivity index (χ3v) is 0.866. The fraction of sp³-hybridized carbons (Fsp3) is 1.00. The van der Waals surface area contributed by atoms with Crippen LogP contribution in [0.3, 0.4) is 0 Å². The van der Waals surface area contributed by atoms with Crippen LogP contribution in [0.5, 0.6) is 0 Å². The van der Waals surface area contributed by atoms with Crippen molar-refractivity contribution in [1.82, 2.24) is 0 Å². The van der Waals surface area contributed by atoms with Crippen LogP contribution in [0.1, 0.15) is 6.92 Å². The fourth-order valence-corrected chi connectivity index (χ4v) is 0.433. The van der Waals surface area contributed by atoms with Crippen molar-refractivity contribution in [3.05, 3.63) is 0 Å². The van der Waals surface area contributed by atoms with Gasteiger partial charge in [-0.15, -0.1) is 0 Å². The zero-order chi connectivity index (χ0) is 4.12.